The number of carbonyl (C=O) groups is 1. The van der Waals surface area contributed by atoms with Gasteiger partial charge in [0.2, 0.25) is 5.88 Å². The summed E-state index contributed by atoms with van der Waals surface area (Å²) in [6, 6.07) is 16.8. The van der Waals surface area contributed by atoms with E-state index in [1.165, 1.54) is 6.07 Å². The fourth-order valence-corrected chi connectivity index (χ4v) is 5.55. The summed E-state index contributed by atoms with van der Waals surface area (Å²) in [6.07, 6.45) is 3.27. The number of methoxy groups -OCH3 is 1. The van der Waals surface area contributed by atoms with Crippen LogP contribution in [0.25, 0.3) is 33.5 Å². The molecule has 0 unspecified atom stereocenters. The number of ether oxygens (including phenoxy) is 3. The minimum Gasteiger partial charge on any atom is -0.473 e. The molecule has 0 fully saturated rings. The summed E-state index contributed by atoms with van der Waals surface area (Å²) in [5.74, 6) is -1.67. The van der Waals surface area contributed by atoms with Gasteiger partial charge in [0.05, 0.1) is 47.1 Å². The number of hydrogen-bond acceptors (Lipinski definition) is 7. The Morgan fingerprint density at radius 1 is 0.900 bits per heavy atom. The van der Waals surface area contributed by atoms with Crippen LogP contribution in [0.4, 0.5) is 13.2 Å². The molecule has 0 N–H and O–H groups in total. The van der Waals surface area contributed by atoms with Crippen LogP contribution in [0, 0.1) is 17.5 Å². The zero-order chi connectivity index (χ0) is 35.6. The van der Waals surface area contributed by atoms with E-state index in [9.17, 15) is 9.18 Å². The van der Waals surface area contributed by atoms with Crippen LogP contribution in [0.15, 0.2) is 79.3 Å². The summed E-state index contributed by atoms with van der Waals surface area (Å²) >= 11 is 0. The summed E-state index contributed by atoms with van der Waals surface area (Å²) in [7, 11) is 3.39. The van der Waals surface area contributed by atoms with E-state index in [1.54, 1.807) is 93.5 Å². The summed E-state index contributed by atoms with van der Waals surface area (Å²) in [6.45, 7) is 5.95. The molecule has 0 amide bonds. The Labute approximate surface area is 287 Å². The second-order valence-electron chi connectivity index (χ2n) is 12.8. The van der Waals surface area contributed by atoms with Crippen molar-refractivity contribution in [3.05, 3.63) is 119 Å². The normalized spacial score (nSPS) is 11.7. The van der Waals surface area contributed by atoms with E-state index in [4.69, 9.17) is 14.2 Å². The quantitative estimate of drug-likeness (QED) is 0.129. The van der Waals surface area contributed by atoms with E-state index in [2.05, 4.69) is 15.0 Å². The highest BCUT2D eigenvalue weighted by Crippen LogP contribution is 2.29. The average Bonchev–Trinajstić information content (AvgIpc) is 3.66. The number of benzene rings is 3. The SMILES string of the molecule is COCCn1c(Cc2cc(F)c(-c3cccc(OCc4ccc(-c5cncn5C)cc4F)n3)cc2F)nc2ccc(C(=O)OC(C)(C)C)cc21. The Morgan fingerprint density at radius 2 is 1.70 bits per heavy atom. The second kappa shape index (κ2) is 14.2. The molecule has 0 spiro atoms. The maximum Gasteiger partial charge on any atom is 0.338 e. The van der Waals surface area contributed by atoms with Gasteiger partial charge in [-0.2, -0.15) is 0 Å². The first-order valence-electron chi connectivity index (χ1n) is 15.9. The fourth-order valence-electron chi connectivity index (χ4n) is 5.55. The van der Waals surface area contributed by atoms with Crippen molar-refractivity contribution in [2.45, 2.75) is 45.9 Å². The van der Waals surface area contributed by atoms with Crippen LogP contribution in [-0.2, 0) is 36.1 Å². The predicted octanol–water partition coefficient (Wildman–Crippen LogP) is 7.69. The number of hydrogen-bond donors (Lipinski definition) is 0. The Morgan fingerprint density at radius 3 is 2.42 bits per heavy atom. The molecular formula is C38H36F3N5O4. The summed E-state index contributed by atoms with van der Waals surface area (Å²) in [5.41, 5.74) is 2.84. The molecule has 0 atom stereocenters. The molecule has 0 radical (unpaired) electrons. The van der Waals surface area contributed by atoms with Crippen LogP contribution in [0.2, 0.25) is 0 Å². The van der Waals surface area contributed by atoms with Gasteiger partial charge < -0.3 is 23.3 Å². The fraction of sp³-hybridized carbons (Fsp3) is 0.263. The topological polar surface area (TPSA) is 93.3 Å². The first kappa shape index (κ1) is 34.4. The van der Waals surface area contributed by atoms with Crippen molar-refractivity contribution in [3.63, 3.8) is 0 Å². The van der Waals surface area contributed by atoms with Crippen molar-refractivity contribution in [1.29, 1.82) is 0 Å². The maximum absolute atomic E-state index is 15.6. The van der Waals surface area contributed by atoms with E-state index in [0.717, 1.165) is 17.8 Å². The molecule has 258 valence electrons. The Bertz CT molecular complexity index is 2190. The zero-order valence-electron chi connectivity index (χ0n) is 28.3. The van der Waals surface area contributed by atoms with Crippen molar-refractivity contribution >= 4 is 17.0 Å². The van der Waals surface area contributed by atoms with Gasteiger partial charge in [0.1, 0.15) is 35.5 Å². The minimum atomic E-state index is -0.686. The third kappa shape index (κ3) is 7.55. The van der Waals surface area contributed by atoms with Crippen LogP contribution in [0.5, 0.6) is 5.88 Å². The number of imidazole rings is 2. The number of pyridine rings is 1. The van der Waals surface area contributed by atoms with E-state index >= 15 is 8.78 Å². The van der Waals surface area contributed by atoms with Crippen molar-refractivity contribution in [2.24, 2.45) is 7.05 Å². The monoisotopic (exact) mass is 683 g/mol. The Hall–Kier alpha value is -5.49. The molecule has 6 aromatic rings. The highest BCUT2D eigenvalue weighted by Gasteiger charge is 2.21. The van der Waals surface area contributed by atoms with Gasteiger partial charge in [-0.05, 0) is 68.8 Å². The maximum atomic E-state index is 15.6. The lowest BCUT2D eigenvalue weighted by atomic mass is 10.0. The molecule has 9 nitrogen and oxygen atoms in total. The lowest BCUT2D eigenvalue weighted by Crippen LogP contribution is -2.23. The van der Waals surface area contributed by atoms with Gasteiger partial charge in [-0.1, -0.05) is 18.2 Å². The first-order valence-corrected chi connectivity index (χ1v) is 15.9. The molecule has 0 saturated heterocycles. The molecule has 0 bridgehead atoms. The molecule has 3 heterocycles. The highest BCUT2D eigenvalue weighted by atomic mass is 19.1. The number of halogens is 3. The van der Waals surface area contributed by atoms with Gasteiger partial charge in [0, 0.05) is 49.9 Å². The number of aromatic nitrogens is 5. The van der Waals surface area contributed by atoms with Gasteiger partial charge in [0.15, 0.2) is 0 Å². The third-order valence-corrected chi connectivity index (χ3v) is 8.01. The number of esters is 1. The molecule has 0 saturated carbocycles. The lowest BCUT2D eigenvalue weighted by Gasteiger charge is -2.19. The van der Waals surface area contributed by atoms with Gasteiger partial charge in [-0.25, -0.2) is 32.9 Å². The summed E-state index contributed by atoms with van der Waals surface area (Å²) in [4.78, 5) is 25.9. The number of fused-ring (bicyclic) bond motifs is 1. The smallest absolute Gasteiger partial charge is 0.338 e. The number of aryl methyl sites for hydroxylation is 1. The van der Waals surface area contributed by atoms with Gasteiger partial charge >= 0.3 is 5.97 Å². The minimum absolute atomic E-state index is 0.0231. The third-order valence-electron chi connectivity index (χ3n) is 8.01. The molecule has 3 aromatic carbocycles. The van der Waals surface area contributed by atoms with Gasteiger partial charge in [0.25, 0.3) is 0 Å². The summed E-state index contributed by atoms with van der Waals surface area (Å²) in [5, 5.41) is 0. The van der Waals surface area contributed by atoms with Crippen molar-refractivity contribution in [3.8, 4) is 28.4 Å². The van der Waals surface area contributed by atoms with E-state index in [1.807, 2.05) is 11.6 Å². The first-order chi connectivity index (χ1) is 23.9. The lowest BCUT2D eigenvalue weighted by molar-refractivity contribution is 0.00696. The van der Waals surface area contributed by atoms with Crippen LogP contribution < -0.4 is 4.74 Å². The van der Waals surface area contributed by atoms with Gasteiger partial charge in [-0.3, -0.25) is 0 Å². The number of rotatable bonds is 11. The molecular weight excluding hydrogens is 647 g/mol. The average molecular weight is 684 g/mol. The second-order valence-corrected chi connectivity index (χ2v) is 12.8. The van der Waals surface area contributed by atoms with Crippen LogP contribution in [0.1, 0.15) is 48.1 Å². The number of carbonyl (C=O) groups excluding carboxylic acids is 1. The van der Waals surface area contributed by atoms with Crippen molar-refractivity contribution < 1.29 is 32.2 Å². The Kier molecular flexibility index (Phi) is 9.74. The standard InChI is InChI=1S/C38H36F3N5O4/c1-38(2,3)50-37(47)24-11-12-32-33(17-24)46(13-14-48-5)35(43-32)18-26-16-30(41)27(19-29(26)40)31-7-6-8-36(44-31)49-21-25-10-9-23(15-28(25)39)34-20-42-22-45(34)4/h6-12,15-17,19-20,22H,13-14,18,21H2,1-5H3. The largest absolute Gasteiger partial charge is 0.473 e. The summed E-state index contributed by atoms with van der Waals surface area (Å²) < 4.78 is 66.4. The van der Waals surface area contributed by atoms with Crippen molar-refractivity contribution in [2.75, 3.05) is 13.7 Å². The molecule has 0 aliphatic heterocycles. The zero-order valence-corrected chi connectivity index (χ0v) is 28.3. The van der Waals surface area contributed by atoms with Crippen LogP contribution in [-0.4, -0.2) is 49.4 Å². The molecule has 6 rings (SSSR count). The molecule has 12 heteroatoms. The molecule has 0 aliphatic carbocycles. The Balaban J connectivity index is 1.22. The van der Waals surface area contributed by atoms with Crippen LogP contribution in [0.3, 0.4) is 0 Å². The predicted molar refractivity (Wildman–Crippen MR) is 182 cm³/mol. The van der Waals surface area contributed by atoms with E-state index in [0.29, 0.717) is 46.7 Å². The van der Waals surface area contributed by atoms with E-state index in [-0.39, 0.29) is 35.7 Å². The highest BCUT2D eigenvalue weighted by molar-refractivity contribution is 5.94. The number of nitrogens with zero attached hydrogens (tertiary/aromatic N) is 5. The van der Waals surface area contributed by atoms with E-state index < -0.39 is 29.0 Å². The molecule has 50 heavy (non-hydrogen) atoms. The van der Waals surface area contributed by atoms with Crippen molar-refractivity contribution in [1.82, 2.24) is 24.1 Å². The molecule has 0 aliphatic rings. The van der Waals surface area contributed by atoms with Gasteiger partial charge in [-0.15, -0.1) is 0 Å². The van der Waals surface area contributed by atoms with Crippen LogP contribution >= 0.6 is 0 Å². The molecule has 3 aromatic heterocycles.